The van der Waals surface area contributed by atoms with Crippen LogP contribution in [-0.4, -0.2) is 11.6 Å². The van der Waals surface area contributed by atoms with E-state index in [0.717, 1.165) is 5.39 Å². The predicted molar refractivity (Wildman–Crippen MR) is 60.5 cm³/mol. The molecule has 0 fully saturated rings. The lowest BCUT2D eigenvalue weighted by molar-refractivity contribution is -0.116. The van der Waals surface area contributed by atoms with Crippen LogP contribution in [0.15, 0.2) is 34.9 Å². The molecule has 0 saturated carbocycles. The maximum atomic E-state index is 11.8. The van der Waals surface area contributed by atoms with Gasteiger partial charge in [-0.05, 0) is 13.0 Å². The van der Waals surface area contributed by atoms with Gasteiger partial charge in [-0.15, -0.1) is 0 Å². The highest BCUT2D eigenvalue weighted by Crippen LogP contribution is 2.22. The molecule has 0 radical (unpaired) electrons. The summed E-state index contributed by atoms with van der Waals surface area (Å²) in [7, 11) is 0. The monoisotopic (exact) mass is 216 g/mol. The van der Waals surface area contributed by atoms with Crippen LogP contribution in [-0.2, 0) is 4.79 Å². The molecular formula is C13H12O3. The highest BCUT2D eigenvalue weighted by atomic mass is 16.3. The second-order valence-electron chi connectivity index (χ2n) is 3.77. The highest BCUT2D eigenvalue weighted by Gasteiger charge is 2.13. The van der Waals surface area contributed by atoms with Gasteiger partial charge in [0.2, 0.25) is 0 Å². The third-order valence-corrected chi connectivity index (χ3v) is 2.49. The lowest BCUT2D eigenvalue weighted by Crippen LogP contribution is -2.01. The van der Waals surface area contributed by atoms with E-state index in [0.29, 0.717) is 17.6 Å². The number of hydrogen-bond acceptors (Lipinski definition) is 3. The summed E-state index contributed by atoms with van der Waals surface area (Å²) in [6, 6.07) is 7.38. The Morgan fingerprint density at radius 2 is 1.94 bits per heavy atom. The van der Waals surface area contributed by atoms with E-state index in [-0.39, 0.29) is 18.0 Å². The van der Waals surface area contributed by atoms with Crippen LogP contribution in [0.2, 0.25) is 0 Å². The number of fused-ring (bicyclic) bond motifs is 1. The van der Waals surface area contributed by atoms with Gasteiger partial charge >= 0.3 is 0 Å². The summed E-state index contributed by atoms with van der Waals surface area (Å²) in [6.45, 7) is 1.49. The fourth-order valence-electron chi connectivity index (χ4n) is 1.62. The molecule has 0 amide bonds. The molecule has 3 nitrogen and oxygen atoms in total. The Balaban J connectivity index is 2.26. The van der Waals surface area contributed by atoms with Crippen molar-refractivity contribution in [3.05, 3.63) is 36.1 Å². The van der Waals surface area contributed by atoms with Gasteiger partial charge in [0.05, 0.1) is 5.56 Å². The smallest absolute Gasteiger partial charge is 0.167 e. The topological polar surface area (TPSA) is 47.3 Å². The van der Waals surface area contributed by atoms with Crippen LogP contribution < -0.4 is 0 Å². The Bertz CT molecular complexity index is 537. The molecule has 1 aromatic heterocycles. The van der Waals surface area contributed by atoms with E-state index < -0.39 is 0 Å². The van der Waals surface area contributed by atoms with E-state index in [1.165, 1.54) is 13.2 Å². The summed E-state index contributed by atoms with van der Waals surface area (Å²) in [5.41, 5.74) is 1.27. The number of ketones is 2. The van der Waals surface area contributed by atoms with Crippen LogP contribution in [0.1, 0.15) is 30.1 Å². The molecule has 0 spiro atoms. The lowest BCUT2D eigenvalue weighted by atomic mass is 10.0. The van der Waals surface area contributed by atoms with E-state index in [2.05, 4.69) is 0 Å². The number of hydrogen-bond donors (Lipinski definition) is 0. The van der Waals surface area contributed by atoms with Gasteiger partial charge in [0.15, 0.2) is 5.78 Å². The first-order chi connectivity index (χ1) is 7.68. The van der Waals surface area contributed by atoms with Gasteiger partial charge in [-0.3, -0.25) is 4.79 Å². The van der Waals surface area contributed by atoms with Crippen LogP contribution in [0.5, 0.6) is 0 Å². The average molecular weight is 216 g/mol. The van der Waals surface area contributed by atoms with Gasteiger partial charge in [-0.25, -0.2) is 0 Å². The van der Waals surface area contributed by atoms with Crippen molar-refractivity contribution in [3.63, 3.8) is 0 Å². The average Bonchev–Trinajstić information content (AvgIpc) is 2.69. The van der Waals surface area contributed by atoms with Gasteiger partial charge in [-0.1, -0.05) is 18.2 Å². The summed E-state index contributed by atoms with van der Waals surface area (Å²) >= 11 is 0. The quantitative estimate of drug-likeness (QED) is 0.738. The molecule has 0 N–H and O–H groups in total. The Hall–Kier alpha value is -1.90. The van der Waals surface area contributed by atoms with E-state index in [1.54, 1.807) is 0 Å². The second-order valence-corrected chi connectivity index (χ2v) is 3.77. The Morgan fingerprint density at radius 3 is 2.69 bits per heavy atom. The van der Waals surface area contributed by atoms with Gasteiger partial charge in [-0.2, -0.15) is 0 Å². The fraction of sp³-hybridized carbons (Fsp3) is 0.231. The first-order valence-corrected chi connectivity index (χ1v) is 5.17. The van der Waals surface area contributed by atoms with Crippen molar-refractivity contribution in [2.45, 2.75) is 19.8 Å². The first-order valence-electron chi connectivity index (χ1n) is 5.17. The van der Waals surface area contributed by atoms with E-state index >= 15 is 0 Å². The van der Waals surface area contributed by atoms with Crippen molar-refractivity contribution >= 4 is 22.5 Å². The molecule has 3 heteroatoms. The Kier molecular flexibility index (Phi) is 2.86. The molecule has 0 aliphatic heterocycles. The third kappa shape index (κ3) is 2.03. The summed E-state index contributed by atoms with van der Waals surface area (Å²) in [5, 5.41) is 0.816. The zero-order valence-electron chi connectivity index (χ0n) is 9.03. The molecule has 0 unspecified atom stereocenters. The molecule has 2 rings (SSSR count). The third-order valence-electron chi connectivity index (χ3n) is 2.49. The van der Waals surface area contributed by atoms with Crippen LogP contribution in [0.3, 0.4) is 0 Å². The number of benzene rings is 1. The van der Waals surface area contributed by atoms with Gasteiger partial charge in [0.25, 0.3) is 0 Å². The molecule has 0 atom stereocenters. The molecule has 0 aliphatic carbocycles. The van der Waals surface area contributed by atoms with Crippen molar-refractivity contribution in [1.82, 2.24) is 0 Å². The standard InChI is InChI=1S/C13H12O3/c1-9(14)6-7-12(15)11-8-16-13-5-3-2-4-10(11)13/h2-5,8H,6-7H2,1H3. The number of carbonyl (C=O) groups is 2. The van der Waals surface area contributed by atoms with Gasteiger partial charge in [0.1, 0.15) is 17.6 Å². The molecular weight excluding hydrogens is 204 g/mol. The first kappa shape index (κ1) is 10.6. The minimum Gasteiger partial charge on any atom is -0.464 e. The largest absolute Gasteiger partial charge is 0.464 e. The van der Waals surface area contributed by atoms with Crippen LogP contribution in [0.25, 0.3) is 11.0 Å². The minimum absolute atomic E-state index is 0.0288. The SMILES string of the molecule is CC(=O)CCC(=O)c1coc2ccccc12. The van der Waals surface area contributed by atoms with E-state index in [4.69, 9.17) is 4.42 Å². The fourth-order valence-corrected chi connectivity index (χ4v) is 1.62. The molecule has 2 aromatic rings. The normalized spacial score (nSPS) is 10.6. The summed E-state index contributed by atoms with van der Waals surface area (Å²) in [6.07, 6.45) is 2.00. The van der Waals surface area contributed by atoms with Gasteiger partial charge in [0, 0.05) is 18.2 Å². The number of carbonyl (C=O) groups excluding carboxylic acids is 2. The van der Waals surface area contributed by atoms with Crippen molar-refractivity contribution in [2.75, 3.05) is 0 Å². The second kappa shape index (κ2) is 4.31. The van der Waals surface area contributed by atoms with E-state index in [1.807, 2.05) is 24.3 Å². The van der Waals surface area contributed by atoms with Crippen LogP contribution >= 0.6 is 0 Å². The van der Waals surface area contributed by atoms with Gasteiger partial charge < -0.3 is 9.21 Å². The number of para-hydroxylation sites is 1. The Labute approximate surface area is 93.1 Å². The molecule has 0 saturated heterocycles. The van der Waals surface area contributed by atoms with Crippen molar-refractivity contribution in [3.8, 4) is 0 Å². The zero-order chi connectivity index (χ0) is 11.5. The number of Topliss-reactive ketones (excluding diaryl/α,β-unsaturated/α-hetero) is 2. The van der Waals surface area contributed by atoms with Crippen molar-refractivity contribution < 1.29 is 14.0 Å². The molecule has 82 valence electrons. The molecule has 1 aromatic carbocycles. The molecule has 0 bridgehead atoms. The van der Waals surface area contributed by atoms with Crippen molar-refractivity contribution in [1.29, 1.82) is 0 Å². The highest BCUT2D eigenvalue weighted by molar-refractivity contribution is 6.07. The number of rotatable bonds is 4. The Morgan fingerprint density at radius 1 is 1.19 bits per heavy atom. The summed E-state index contributed by atoms with van der Waals surface area (Å²) < 4.78 is 5.27. The lowest BCUT2D eigenvalue weighted by Gasteiger charge is -1.95. The number of furan rings is 1. The maximum absolute atomic E-state index is 11.8. The van der Waals surface area contributed by atoms with Crippen LogP contribution in [0.4, 0.5) is 0 Å². The van der Waals surface area contributed by atoms with Crippen LogP contribution in [0, 0.1) is 0 Å². The minimum atomic E-state index is -0.0415. The zero-order valence-corrected chi connectivity index (χ0v) is 9.03. The predicted octanol–water partition coefficient (Wildman–Crippen LogP) is 2.98. The molecule has 16 heavy (non-hydrogen) atoms. The maximum Gasteiger partial charge on any atom is 0.167 e. The summed E-state index contributed by atoms with van der Waals surface area (Å²) in [5.74, 6) is -0.0127. The van der Waals surface area contributed by atoms with Crippen molar-refractivity contribution in [2.24, 2.45) is 0 Å². The molecule has 0 aliphatic rings. The van der Waals surface area contributed by atoms with E-state index in [9.17, 15) is 9.59 Å². The summed E-state index contributed by atoms with van der Waals surface area (Å²) in [4.78, 5) is 22.6. The molecule has 1 heterocycles.